The van der Waals surface area contributed by atoms with E-state index in [-0.39, 0.29) is 35.5 Å². The molecule has 3 aromatic carbocycles. The number of piperidine rings is 1. The minimum atomic E-state index is -0.388. The van der Waals surface area contributed by atoms with Gasteiger partial charge in [-0.25, -0.2) is 9.48 Å². The molecule has 1 aliphatic heterocycles. The highest BCUT2D eigenvalue weighted by molar-refractivity contribution is 6.00. The number of hydrogen-bond acceptors (Lipinski definition) is 6. The summed E-state index contributed by atoms with van der Waals surface area (Å²) in [6, 6.07) is 22.9. The first-order valence-corrected chi connectivity index (χ1v) is 16.2. The summed E-state index contributed by atoms with van der Waals surface area (Å²) in [7, 11) is 1.62. The molecule has 1 unspecified atom stereocenters. The lowest BCUT2D eigenvalue weighted by Gasteiger charge is -2.30. The molecule has 0 aliphatic carbocycles. The van der Waals surface area contributed by atoms with Gasteiger partial charge < -0.3 is 19.8 Å². The number of carbonyl (C=O) groups excluding carboxylic acids is 2. The molecule has 0 bridgehead atoms. The molecule has 9 nitrogen and oxygen atoms in total. The highest BCUT2D eigenvalue weighted by Gasteiger charge is 2.32. The number of amides is 2. The second kappa shape index (κ2) is 13.5. The highest BCUT2D eigenvalue weighted by Crippen LogP contribution is 2.36. The zero-order valence-corrected chi connectivity index (χ0v) is 27.7. The van der Waals surface area contributed by atoms with Crippen LogP contribution in [0.4, 0.5) is 16.3 Å². The van der Waals surface area contributed by atoms with Gasteiger partial charge >= 0.3 is 6.03 Å². The van der Waals surface area contributed by atoms with Crippen molar-refractivity contribution in [3.63, 3.8) is 0 Å². The number of furan rings is 1. The number of ether oxygens (including phenoxy) is 1. The highest BCUT2D eigenvalue weighted by atomic mass is 16.5. The predicted molar refractivity (Wildman–Crippen MR) is 186 cm³/mol. The Bertz CT molecular complexity index is 1880. The van der Waals surface area contributed by atoms with Crippen molar-refractivity contribution in [3.8, 4) is 11.4 Å². The van der Waals surface area contributed by atoms with Crippen molar-refractivity contribution in [2.45, 2.75) is 58.3 Å². The Morgan fingerprint density at radius 1 is 1.02 bits per heavy atom. The molecule has 0 radical (unpaired) electrons. The van der Waals surface area contributed by atoms with Gasteiger partial charge in [-0.15, -0.1) is 0 Å². The molecular formula is C38H43N5O4. The van der Waals surface area contributed by atoms with Crippen LogP contribution >= 0.6 is 0 Å². The number of methoxy groups -OCH3 is 1. The van der Waals surface area contributed by atoms with Gasteiger partial charge in [-0.3, -0.25) is 10.1 Å². The van der Waals surface area contributed by atoms with Crippen molar-refractivity contribution in [1.29, 1.82) is 0 Å². The number of urea groups is 1. The van der Waals surface area contributed by atoms with Crippen molar-refractivity contribution in [2.75, 3.05) is 30.8 Å². The summed E-state index contributed by atoms with van der Waals surface area (Å²) in [5.41, 5.74) is 5.73. The summed E-state index contributed by atoms with van der Waals surface area (Å²) in [6.45, 7) is 10.1. The number of hydrogen-bond donors (Lipinski definition) is 3. The van der Waals surface area contributed by atoms with E-state index < -0.39 is 0 Å². The molecule has 1 saturated heterocycles. The van der Waals surface area contributed by atoms with E-state index >= 15 is 0 Å². The molecule has 0 saturated carbocycles. The van der Waals surface area contributed by atoms with E-state index in [9.17, 15) is 9.59 Å². The number of Topliss-reactive ketones (excluding diaryl/α,β-unsaturated/α-hetero) is 1. The lowest BCUT2D eigenvalue weighted by Crippen LogP contribution is -2.34. The van der Waals surface area contributed by atoms with E-state index in [4.69, 9.17) is 14.3 Å². The summed E-state index contributed by atoms with van der Waals surface area (Å²) in [6.07, 6.45) is 3.73. The Balaban J connectivity index is 1.24. The molecule has 3 N–H and O–H groups in total. The van der Waals surface area contributed by atoms with Crippen molar-refractivity contribution in [3.05, 3.63) is 101 Å². The SMILES string of the molecule is COc1ccc2c(CC(=O)C(c3cccc(NC(=O)Nc4cc(C(C)(C)C)nn4-c4ccc(C)cc4)c3)C3CCNCC3)coc2c1. The largest absolute Gasteiger partial charge is 0.497 e. The van der Waals surface area contributed by atoms with Crippen molar-refractivity contribution in [2.24, 2.45) is 5.92 Å². The van der Waals surface area contributed by atoms with E-state index in [1.165, 1.54) is 0 Å². The quantitative estimate of drug-likeness (QED) is 0.153. The lowest BCUT2D eigenvalue weighted by molar-refractivity contribution is -0.121. The number of carbonyl (C=O) groups is 2. The third-order valence-corrected chi connectivity index (χ3v) is 8.93. The molecule has 2 amide bonds. The molecule has 1 fully saturated rings. The van der Waals surface area contributed by atoms with Crippen LogP contribution in [0.5, 0.6) is 5.75 Å². The average Bonchev–Trinajstić information content (AvgIpc) is 3.66. The first-order chi connectivity index (χ1) is 22.6. The van der Waals surface area contributed by atoms with Crippen LogP contribution in [0.25, 0.3) is 16.7 Å². The minimum Gasteiger partial charge on any atom is -0.497 e. The first kappa shape index (κ1) is 32.1. The lowest BCUT2D eigenvalue weighted by atomic mass is 9.76. The third-order valence-electron chi connectivity index (χ3n) is 8.93. The van der Waals surface area contributed by atoms with E-state index in [2.05, 4.69) is 36.7 Å². The standard InChI is InChI=1S/C38H43N5O4/c1-24-9-11-29(12-10-24)43-35(22-34(42-43)38(2,3)4)41-37(45)40-28-8-6-7-26(19-28)36(25-15-17-39-18-16-25)32(44)20-27-23-47-33-21-30(46-5)13-14-31(27)33/h6-14,19,21-23,25,36,39H,15-18,20H2,1-5H3,(H2,40,41,45). The van der Waals surface area contributed by atoms with Crippen molar-refractivity contribution >= 4 is 34.3 Å². The molecule has 1 aliphatic rings. The Morgan fingerprint density at radius 2 is 1.79 bits per heavy atom. The average molecular weight is 634 g/mol. The number of anilines is 2. The monoisotopic (exact) mass is 633 g/mol. The second-order valence-corrected chi connectivity index (χ2v) is 13.4. The first-order valence-electron chi connectivity index (χ1n) is 16.2. The van der Waals surface area contributed by atoms with E-state index in [0.717, 1.165) is 59.4 Å². The maximum Gasteiger partial charge on any atom is 0.324 e. The van der Waals surface area contributed by atoms with Crippen LogP contribution in [0.2, 0.25) is 0 Å². The Morgan fingerprint density at radius 3 is 2.51 bits per heavy atom. The van der Waals surface area contributed by atoms with Gasteiger partial charge in [0.1, 0.15) is 22.9 Å². The van der Waals surface area contributed by atoms with Crippen LogP contribution in [-0.2, 0) is 16.6 Å². The summed E-state index contributed by atoms with van der Waals surface area (Å²) >= 11 is 0. The molecule has 1 atom stereocenters. The maximum atomic E-state index is 14.1. The predicted octanol–water partition coefficient (Wildman–Crippen LogP) is 7.77. The van der Waals surface area contributed by atoms with E-state index in [1.54, 1.807) is 18.1 Å². The smallest absolute Gasteiger partial charge is 0.324 e. The van der Waals surface area contributed by atoms with Crippen LogP contribution in [-0.4, -0.2) is 41.8 Å². The fraction of sp³-hybridized carbons (Fsp3) is 0.342. The van der Waals surface area contributed by atoms with Gasteiger partial charge in [-0.2, -0.15) is 5.10 Å². The maximum absolute atomic E-state index is 14.1. The summed E-state index contributed by atoms with van der Waals surface area (Å²) in [4.78, 5) is 27.6. The number of ketones is 1. The molecule has 3 heterocycles. The fourth-order valence-electron chi connectivity index (χ4n) is 6.33. The van der Waals surface area contributed by atoms with Gasteiger partial charge in [0.05, 0.1) is 24.8 Å². The van der Waals surface area contributed by atoms with Gasteiger partial charge in [0, 0.05) is 46.5 Å². The Kier molecular flexibility index (Phi) is 9.18. The number of aromatic nitrogens is 2. The van der Waals surface area contributed by atoms with Crippen molar-refractivity contribution < 1.29 is 18.7 Å². The zero-order chi connectivity index (χ0) is 33.1. The summed E-state index contributed by atoms with van der Waals surface area (Å²) in [5.74, 6) is 1.28. The zero-order valence-electron chi connectivity index (χ0n) is 27.7. The normalized spacial score (nSPS) is 14.6. The van der Waals surface area contributed by atoms with Gasteiger partial charge in [-0.1, -0.05) is 50.6 Å². The Hall–Kier alpha value is -4.89. The van der Waals surface area contributed by atoms with Gasteiger partial charge in [0.15, 0.2) is 0 Å². The number of benzene rings is 3. The van der Waals surface area contributed by atoms with Gasteiger partial charge in [0.25, 0.3) is 0 Å². The number of fused-ring (bicyclic) bond motifs is 1. The molecule has 6 rings (SSSR count). The van der Waals surface area contributed by atoms with Gasteiger partial charge in [-0.05, 0) is 80.7 Å². The van der Waals surface area contributed by atoms with Crippen LogP contribution in [0.15, 0.2) is 83.5 Å². The van der Waals surface area contributed by atoms with E-state index in [0.29, 0.717) is 22.8 Å². The van der Waals surface area contributed by atoms with Crippen LogP contribution in [0.1, 0.15) is 61.9 Å². The van der Waals surface area contributed by atoms with Crippen LogP contribution in [0, 0.1) is 12.8 Å². The number of nitrogens with one attached hydrogen (secondary N) is 3. The molecule has 5 aromatic rings. The molecule has 244 valence electrons. The van der Waals surface area contributed by atoms with Crippen LogP contribution < -0.4 is 20.7 Å². The topological polar surface area (TPSA) is 110 Å². The minimum absolute atomic E-state index is 0.133. The van der Waals surface area contributed by atoms with Gasteiger partial charge in [0.2, 0.25) is 0 Å². The number of rotatable bonds is 9. The third kappa shape index (κ3) is 7.25. The molecular weight excluding hydrogens is 590 g/mol. The van der Waals surface area contributed by atoms with E-state index in [1.807, 2.05) is 79.7 Å². The molecule has 9 heteroatoms. The Labute approximate surface area is 275 Å². The molecule has 0 spiro atoms. The summed E-state index contributed by atoms with van der Waals surface area (Å²) in [5, 5.41) is 15.2. The summed E-state index contributed by atoms with van der Waals surface area (Å²) < 4.78 is 12.9. The second-order valence-electron chi connectivity index (χ2n) is 13.4. The van der Waals surface area contributed by atoms with Crippen molar-refractivity contribution in [1.82, 2.24) is 15.1 Å². The van der Waals surface area contributed by atoms with Crippen LogP contribution in [0.3, 0.4) is 0 Å². The molecule has 2 aromatic heterocycles. The number of nitrogens with zero attached hydrogens (tertiary/aromatic N) is 2. The molecule has 47 heavy (non-hydrogen) atoms. The fourth-order valence-corrected chi connectivity index (χ4v) is 6.33. The number of aryl methyl sites for hydroxylation is 1.